The molecule has 0 spiro atoms. The van der Waals surface area contributed by atoms with Crippen LogP contribution in [0, 0.1) is 0 Å². The molecule has 0 radical (unpaired) electrons. The summed E-state index contributed by atoms with van der Waals surface area (Å²) in [4.78, 5) is 9.91. The first-order valence-electron chi connectivity index (χ1n) is 13.9. The molecule has 2 aromatic rings. The van der Waals surface area contributed by atoms with Crippen molar-refractivity contribution in [2.45, 2.75) is 116 Å². The Balaban J connectivity index is 1.96. The maximum Gasteiger partial charge on any atom is 0.128 e. The molecule has 0 aliphatic heterocycles. The second kappa shape index (κ2) is 11.1. The molecule has 5 nitrogen and oxygen atoms in total. The highest BCUT2D eigenvalue weighted by atomic mass is 16.5. The van der Waals surface area contributed by atoms with Crippen LogP contribution in [0.1, 0.15) is 116 Å². The molecule has 3 rings (SSSR count). The normalized spacial score (nSPS) is 19.4. The Hall–Kier alpha value is -2.82. The number of phenols is 2. The van der Waals surface area contributed by atoms with Gasteiger partial charge in [-0.1, -0.05) is 81.2 Å². The molecule has 2 N–H and O–H groups in total. The van der Waals surface area contributed by atoms with Gasteiger partial charge in [0.15, 0.2) is 0 Å². The molecular weight excluding hydrogens is 472 g/mol. The monoisotopic (exact) mass is 520 g/mol. The fraction of sp³-hybridized carbons (Fsp3) is 0.576. The molecule has 0 heterocycles. The van der Waals surface area contributed by atoms with Crippen LogP contribution in [0.15, 0.2) is 34.3 Å². The maximum absolute atomic E-state index is 11.2. The predicted octanol–water partition coefficient (Wildman–Crippen LogP) is 7.85. The van der Waals surface area contributed by atoms with E-state index in [1.165, 1.54) is 5.56 Å². The molecule has 1 aliphatic carbocycles. The fourth-order valence-corrected chi connectivity index (χ4v) is 4.97. The van der Waals surface area contributed by atoms with E-state index < -0.39 is 0 Å². The Bertz CT molecular complexity index is 1190. The third kappa shape index (κ3) is 6.98. The summed E-state index contributed by atoms with van der Waals surface area (Å²) in [7, 11) is 1.64. The molecule has 1 fully saturated rings. The third-order valence-electron chi connectivity index (χ3n) is 7.47. The average molecular weight is 521 g/mol. The summed E-state index contributed by atoms with van der Waals surface area (Å²) in [6.07, 6.45) is 7.72. The van der Waals surface area contributed by atoms with Crippen LogP contribution in [0.25, 0.3) is 0 Å². The van der Waals surface area contributed by atoms with Gasteiger partial charge in [0.25, 0.3) is 0 Å². The molecule has 1 saturated carbocycles. The minimum atomic E-state index is -0.228. The van der Waals surface area contributed by atoms with Gasteiger partial charge in [0.05, 0.1) is 19.2 Å². The van der Waals surface area contributed by atoms with E-state index in [0.29, 0.717) is 17.1 Å². The zero-order valence-electron chi connectivity index (χ0n) is 25.1. The van der Waals surface area contributed by atoms with Crippen molar-refractivity contribution >= 4 is 12.4 Å². The third-order valence-corrected chi connectivity index (χ3v) is 7.47. The van der Waals surface area contributed by atoms with E-state index in [2.05, 4.69) is 74.4 Å². The second-order valence-electron chi connectivity index (χ2n) is 13.8. The molecule has 0 saturated heterocycles. The minimum Gasteiger partial charge on any atom is -0.507 e. The topological polar surface area (TPSA) is 74.4 Å². The molecule has 38 heavy (non-hydrogen) atoms. The maximum atomic E-state index is 11.2. The van der Waals surface area contributed by atoms with Crippen LogP contribution in [-0.2, 0) is 16.2 Å². The Kier molecular flexibility index (Phi) is 8.70. The molecule has 0 amide bonds. The van der Waals surface area contributed by atoms with E-state index in [4.69, 9.17) is 14.7 Å². The number of aliphatic imine (C=N–C) groups is 2. The first kappa shape index (κ1) is 29.7. The zero-order valence-corrected chi connectivity index (χ0v) is 25.1. The van der Waals surface area contributed by atoms with Gasteiger partial charge < -0.3 is 14.9 Å². The minimum absolute atomic E-state index is 0.0127. The predicted molar refractivity (Wildman–Crippen MR) is 160 cm³/mol. The number of hydrogen-bond acceptors (Lipinski definition) is 5. The van der Waals surface area contributed by atoms with Crippen molar-refractivity contribution in [3.05, 3.63) is 52.1 Å². The highest BCUT2D eigenvalue weighted by Gasteiger charge is 2.27. The summed E-state index contributed by atoms with van der Waals surface area (Å²) in [5.74, 6) is 1.26. The molecule has 5 heteroatoms. The number of aromatic hydroxyl groups is 2. The summed E-state index contributed by atoms with van der Waals surface area (Å²) >= 11 is 0. The summed E-state index contributed by atoms with van der Waals surface area (Å²) in [5.41, 5.74) is 3.92. The second-order valence-corrected chi connectivity index (χ2v) is 13.8. The van der Waals surface area contributed by atoms with Crippen LogP contribution in [0.5, 0.6) is 17.2 Å². The highest BCUT2D eigenvalue weighted by Crippen LogP contribution is 2.38. The van der Waals surface area contributed by atoms with Crippen molar-refractivity contribution in [3.8, 4) is 17.2 Å². The molecular formula is C33H48N2O3. The van der Waals surface area contributed by atoms with Crippen LogP contribution in [-0.4, -0.2) is 41.8 Å². The van der Waals surface area contributed by atoms with Crippen LogP contribution in [0.3, 0.4) is 0 Å². The zero-order chi connectivity index (χ0) is 28.5. The van der Waals surface area contributed by atoms with E-state index in [1.807, 2.05) is 18.3 Å². The van der Waals surface area contributed by atoms with Crippen molar-refractivity contribution in [2.24, 2.45) is 9.98 Å². The lowest BCUT2D eigenvalue weighted by Gasteiger charge is -2.28. The van der Waals surface area contributed by atoms with Crippen molar-refractivity contribution in [1.29, 1.82) is 0 Å². The summed E-state index contributed by atoms with van der Waals surface area (Å²) in [6, 6.07) is 7.96. The van der Waals surface area contributed by atoms with Gasteiger partial charge in [0.1, 0.15) is 17.2 Å². The van der Waals surface area contributed by atoms with Gasteiger partial charge >= 0.3 is 0 Å². The average Bonchev–Trinajstić information content (AvgIpc) is 2.81. The lowest BCUT2D eigenvalue weighted by Crippen LogP contribution is -2.27. The Morgan fingerprint density at radius 2 is 1.13 bits per heavy atom. The van der Waals surface area contributed by atoms with E-state index in [-0.39, 0.29) is 34.1 Å². The number of hydrogen-bond donors (Lipinski definition) is 2. The summed E-state index contributed by atoms with van der Waals surface area (Å²) < 4.78 is 5.50. The quantitative estimate of drug-likeness (QED) is 0.394. The molecule has 0 bridgehead atoms. The van der Waals surface area contributed by atoms with Gasteiger partial charge in [0, 0.05) is 34.7 Å². The Labute approximate surface area is 230 Å². The van der Waals surface area contributed by atoms with E-state index in [0.717, 1.165) is 42.4 Å². The molecule has 0 unspecified atom stereocenters. The van der Waals surface area contributed by atoms with E-state index in [9.17, 15) is 10.2 Å². The summed E-state index contributed by atoms with van der Waals surface area (Å²) in [5, 5.41) is 22.2. The lowest BCUT2D eigenvalue weighted by molar-refractivity contribution is 0.389. The van der Waals surface area contributed by atoms with Gasteiger partial charge in [-0.2, -0.15) is 0 Å². The van der Waals surface area contributed by atoms with E-state index in [1.54, 1.807) is 13.3 Å². The van der Waals surface area contributed by atoms with Gasteiger partial charge in [-0.15, -0.1) is 0 Å². The summed E-state index contributed by atoms with van der Waals surface area (Å²) in [6.45, 7) is 19.2. The van der Waals surface area contributed by atoms with Crippen LogP contribution in [0.2, 0.25) is 0 Å². The molecule has 2 aromatic carbocycles. The number of benzene rings is 2. The lowest BCUT2D eigenvalue weighted by atomic mass is 9.79. The molecule has 208 valence electrons. The largest absolute Gasteiger partial charge is 0.507 e. The Morgan fingerprint density at radius 1 is 0.684 bits per heavy atom. The van der Waals surface area contributed by atoms with Crippen LogP contribution in [0.4, 0.5) is 0 Å². The van der Waals surface area contributed by atoms with E-state index >= 15 is 0 Å². The van der Waals surface area contributed by atoms with Crippen molar-refractivity contribution in [3.63, 3.8) is 0 Å². The van der Waals surface area contributed by atoms with Gasteiger partial charge in [-0.3, -0.25) is 9.98 Å². The van der Waals surface area contributed by atoms with Crippen molar-refractivity contribution in [2.75, 3.05) is 7.11 Å². The molecule has 1 aliphatic rings. The number of nitrogens with zero attached hydrogens (tertiary/aromatic N) is 2. The number of ether oxygens (including phenoxy) is 1. The van der Waals surface area contributed by atoms with Crippen molar-refractivity contribution in [1.82, 2.24) is 0 Å². The Morgan fingerprint density at radius 3 is 1.55 bits per heavy atom. The number of rotatable bonds is 5. The van der Waals surface area contributed by atoms with Crippen LogP contribution < -0.4 is 4.74 Å². The fourth-order valence-electron chi connectivity index (χ4n) is 4.97. The highest BCUT2D eigenvalue weighted by molar-refractivity contribution is 5.86. The first-order valence-corrected chi connectivity index (χ1v) is 13.9. The van der Waals surface area contributed by atoms with Gasteiger partial charge in [0.2, 0.25) is 0 Å². The van der Waals surface area contributed by atoms with Crippen LogP contribution >= 0.6 is 0 Å². The number of methoxy groups -OCH3 is 1. The smallest absolute Gasteiger partial charge is 0.128 e. The number of phenolic OH excluding ortho intramolecular Hbond substituents is 2. The standard InChI is InChI=1S/C33H48N2O3/c1-31(2,3)23-15-21(29(36)25(17-23)32(4,5)6)19-34-27-13-11-12-14-28(27)35-20-22-16-24(38-10)18-26(30(22)37)33(7,8)9/h15-20,27-28,36-37H,11-14H2,1-10H3/t27-,28-/m1/s1. The SMILES string of the molecule is COc1cc(C=N[C@@H]2CCCC[C@H]2N=Cc2cc(C(C)(C)C)cc(C(C)(C)C)c2O)c(O)c(C(C)(C)C)c1. The van der Waals surface area contributed by atoms with Crippen molar-refractivity contribution < 1.29 is 14.9 Å². The van der Waals surface area contributed by atoms with Gasteiger partial charge in [-0.25, -0.2) is 0 Å². The molecule has 0 aromatic heterocycles. The first-order chi connectivity index (χ1) is 17.5. The van der Waals surface area contributed by atoms with Gasteiger partial charge in [-0.05, 0) is 52.8 Å². The molecule has 2 atom stereocenters.